The van der Waals surface area contributed by atoms with Gasteiger partial charge in [-0.3, -0.25) is 10.1 Å². The molecule has 0 atom stereocenters. The highest BCUT2D eigenvalue weighted by atomic mass is 35.5. The number of nitro benzene ring substituents is 1. The molecule has 0 aliphatic heterocycles. The van der Waals surface area contributed by atoms with E-state index in [0.29, 0.717) is 11.3 Å². The molecule has 4 nitrogen and oxygen atoms in total. The molecule has 0 heterocycles. The summed E-state index contributed by atoms with van der Waals surface area (Å²) in [4.78, 5) is 9.90. The normalized spacial score (nSPS) is 10.6. The van der Waals surface area contributed by atoms with Gasteiger partial charge in [0.25, 0.3) is 12.1 Å². The molecule has 0 saturated carbocycles. The Morgan fingerprint density at radius 3 is 2.62 bits per heavy atom. The van der Waals surface area contributed by atoms with E-state index in [1.54, 1.807) is 6.92 Å². The van der Waals surface area contributed by atoms with Crippen molar-refractivity contribution >= 4 is 23.0 Å². The monoisotopic (exact) mass is 250 g/mol. The van der Waals surface area contributed by atoms with Gasteiger partial charge in [0, 0.05) is 12.1 Å². The van der Waals surface area contributed by atoms with Crippen molar-refractivity contribution in [1.29, 1.82) is 0 Å². The number of nitro groups is 1. The lowest BCUT2D eigenvalue weighted by atomic mass is 10.2. The molecule has 0 fully saturated rings. The van der Waals surface area contributed by atoms with E-state index in [4.69, 9.17) is 11.6 Å². The maximum absolute atomic E-state index is 12.0. The van der Waals surface area contributed by atoms with Gasteiger partial charge in [0.15, 0.2) is 0 Å². The highest BCUT2D eigenvalue weighted by molar-refractivity contribution is 6.33. The number of hydrogen-bond donors (Lipinski definition) is 1. The highest BCUT2D eigenvalue weighted by Gasteiger charge is 2.14. The van der Waals surface area contributed by atoms with E-state index in [2.05, 4.69) is 5.32 Å². The number of anilines is 1. The van der Waals surface area contributed by atoms with Crippen molar-refractivity contribution in [2.45, 2.75) is 13.3 Å². The molecule has 0 bridgehead atoms. The largest absolute Gasteiger partial charge is 0.378 e. The summed E-state index contributed by atoms with van der Waals surface area (Å²) >= 11 is 5.75. The van der Waals surface area contributed by atoms with Crippen LogP contribution in [0.25, 0.3) is 0 Å². The van der Waals surface area contributed by atoms with Gasteiger partial charge < -0.3 is 5.32 Å². The van der Waals surface area contributed by atoms with Crippen LogP contribution in [0.5, 0.6) is 0 Å². The van der Waals surface area contributed by atoms with Crippen LogP contribution >= 0.6 is 11.6 Å². The van der Waals surface area contributed by atoms with Crippen LogP contribution in [0.1, 0.15) is 5.56 Å². The zero-order chi connectivity index (χ0) is 12.3. The van der Waals surface area contributed by atoms with Crippen LogP contribution in [0.3, 0.4) is 0 Å². The molecule has 0 aromatic heterocycles. The minimum Gasteiger partial charge on any atom is -0.378 e. The predicted molar refractivity (Wildman–Crippen MR) is 57.3 cm³/mol. The van der Waals surface area contributed by atoms with E-state index in [0.717, 1.165) is 6.07 Å². The van der Waals surface area contributed by atoms with Crippen molar-refractivity contribution < 1.29 is 13.7 Å². The van der Waals surface area contributed by atoms with E-state index in [9.17, 15) is 18.9 Å². The van der Waals surface area contributed by atoms with Crippen LogP contribution < -0.4 is 5.32 Å². The van der Waals surface area contributed by atoms with Gasteiger partial charge in [-0.2, -0.15) is 0 Å². The summed E-state index contributed by atoms with van der Waals surface area (Å²) in [7, 11) is 0. The van der Waals surface area contributed by atoms with Crippen molar-refractivity contribution in [1.82, 2.24) is 0 Å². The summed E-state index contributed by atoms with van der Waals surface area (Å²) in [6.07, 6.45) is -2.51. The molecule has 1 rings (SSSR count). The fourth-order valence-electron chi connectivity index (χ4n) is 1.23. The fourth-order valence-corrected chi connectivity index (χ4v) is 1.56. The Morgan fingerprint density at radius 1 is 1.56 bits per heavy atom. The van der Waals surface area contributed by atoms with Gasteiger partial charge in [-0.05, 0) is 12.5 Å². The number of halogens is 3. The maximum Gasteiger partial charge on any atom is 0.271 e. The first-order valence-electron chi connectivity index (χ1n) is 4.38. The molecule has 0 amide bonds. The molecule has 0 unspecified atom stereocenters. The quantitative estimate of drug-likeness (QED) is 0.659. The van der Waals surface area contributed by atoms with E-state index in [-0.39, 0.29) is 10.7 Å². The van der Waals surface area contributed by atoms with Gasteiger partial charge >= 0.3 is 0 Å². The molecule has 0 aliphatic carbocycles. The highest BCUT2D eigenvalue weighted by Crippen LogP contribution is 2.30. The van der Waals surface area contributed by atoms with E-state index in [1.165, 1.54) is 6.07 Å². The van der Waals surface area contributed by atoms with Gasteiger partial charge in [-0.25, -0.2) is 8.78 Å². The van der Waals surface area contributed by atoms with Crippen LogP contribution in [0.4, 0.5) is 20.2 Å². The molecule has 0 radical (unpaired) electrons. The molecule has 0 saturated heterocycles. The lowest BCUT2D eigenvalue weighted by Gasteiger charge is -2.10. The third-order valence-corrected chi connectivity index (χ3v) is 2.21. The zero-order valence-corrected chi connectivity index (χ0v) is 9.09. The van der Waals surface area contributed by atoms with E-state index >= 15 is 0 Å². The Balaban J connectivity index is 2.98. The number of aryl methyl sites for hydroxylation is 1. The molecule has 88 valence electrons. The molecular weight excluding hydrogens is 242 g/mol. The summed E-state index contributed by atoms with van der Waals surface area (Å²) in [5.74, 6) is 0. The van der Waals surface area contributed by atoms with Crippen LogP contribution in [-0.4, -0.2) is 17.9 Å². The van der Waals surface area contributed by atoms with Crippen molar-refractivity contribution in [2.24, 2.45) is 0 Å². The Hall–Kier alpha value is -1.43. The second-order valence-corrected chi connectivity index (χ2v) is 3.56. The van der Waals surface area contributed by atoms with Crippen LogP contribution in [0.15, 0.2) is 12.1 Å². The lowest BCUT2D eigenvalue weighted by molar-refractivity contribution is -0.384. The van der Waals surface area contributed by atoms with Gasteiger partial charge in [-0.15, -0.1) is 0 Å². The summed E-state index contributed by atoms with van der Waals surface area (Å²) in [6, 6.07) is 2.40. The summed E-state index contributed by atoms with van der Waals surface area (Å²) in [6.45, 7) is 1.02. The third-order valence-electron chi connectivity index (χ3n) is 1.92. The Morgan fingerprint density at radius 2 is 2.19 bits per heavy atom. The minimum absolute atomic E-state index is 0.0624. The molecule has 1 N–H and O–H groups in total. The molecule has 16 heavy (non-hydrogen) atoms. The van der Waals surface area contributed by atoms with Gasteiger partial charge in [0.2, 0.25) is 0 Å². The molecule has 1 aromatic carbocycles. The van der Waals surface area contributed by atoms with E-state index < -0.39 is 17.9 Å². The van der Waals surface area contributed by atoms with Gasteiger partial charge in [0.05, 0.1) is 22.2 Å². The smallest absolute Gasteiger partial charge is 0.271 e. The van der Waals surface area contributed by atoms with Crippen LogP contribution in [-0.2, 0) is 0 Å². The Bertz CT molecular complexity index is 389. The average molecular weight is 251 g/mol. The first-order valence-corrected chi connectivity index (χ1v) is 4.76. The Labute approximate surface area is 95.4 Å². The van der Waals surface area contributed by atoms with Crippen molar-refractivity contribution in [3.05, 3.63) is 32.8 Å². The predicted octanol–water partition coefficient (Wildman–Crippen LogP) is 3.23. The first-order chi connectivity index (χ1) is 7.41. The average Bonchev–Trinajstić information content (AvgIpc) is 2.15. The number of hydrogen-bond acceptors (Lipinski definition) is 3. The second-order valence-electron chi connectivity index (χ2n) is 3.15. The second kappa shape index (κ2) is 5.07. The first kappa shape index (κ1) is 12.6. The standard InChI is InChI=1S/C9H9ClF2N2O2/c1-5-2-6(14(15)16)3-7(10)9(5)13-4-8(11)12/h2-3,8,13H,4H2,1H3. The van der Waals surface area contributed by atoms with Crippen LogP contribution in [0, 0.1) is 17.0 Å². The summed E-state index contributed by atoms with van der Waals surface area (Å²) in [5, 5.41) is 13.0. The van der Waals surface area contributed by atoms with E-state index in [1.807, 2.05) is 0 Å². The summed E-state index contributed by atoms with van der Waals surface area (Å²) < 4.78 is 24.0. The molecule has 7 heteroatoms. The lowest BCUT2D eigenvalue weighted by Crippen LogP contribution is -2.11. The summed E-state index contributed by atoms with van der Waals surface area (Å²) in [5.41, 5.74) is 0.595. The Kier molecular flexibility index (Phi) is 4.00. The van der Waals surface area contributed by atoms with Gasteiger partial charge in [0.1, 0.15) is 0 Å². The number of benzene rings is 1. The number of nitrogens with zero attached hydrogens (tertiary/aromatic N) is 1. The van der Waals surface area contributed by atoms with Crippen molar-refractivity contribution in [2.75, 3.05) is 11.9 Å². The minimum atomic E-state index is -2.51. The molecular formula is C9H9ClF2N2O2. The maximum atomic E-state index is 12.0. The zero-order valence-electron chi connectivity index (χ0n) is 8.34. The number of rotatable bonds is 4. The number of non-ortho nitro benzene ring substituents is 1. The van der Waals surface area contributed by atoms with Crippen molar-refractivity contribution in [3.63, 3.8) is 0 Å². The molecule has 0 aliphatic rings. The third kappa shape index (κ3) is 3.03. The van der Waals surface area contributed by atoms with Crippen molar-refractivity contribution in [3.8, 4) is 0 Å². The van der Waals surface area contributed by atoms with Crippen LogP contribution in [0.2, 0.25) is 5.02 Å². The SMILES string of the molecule is Cc1cc([N+](=O)[O-])cc(Cl)c1NCC(F)F. The molecule has 1 aromatic rings. The van der Waals surface area contributed by atoms with Gasteiger partial charge in [-0.1, -0.05) is 11.6 Å². The number of alkyl halides is 2. The topological polar surface area (TPSA) is 55.2 Å². The number of nitrogens with one attached hydrogen (secondary N) is 1. The molecule has 0 spiro atoms. The fraction of sp³-hybridized carbons (Fsp3) is 0.333.